The summed E-state index contributed by atoms with van der Waals surface area (Å²) in [5.41, 5.74) is 0.444. The predicted octanol–water partition coefficient (Wildman–Crippen LogP) is 1.62. The number of ether oxygens (including phenoxy) is 1. The molecule has 1 aromatic rings. The normalized spacial score (nSPS) is 11.4. The van der Waals surface area contributed by atoms with E-state index in [1.807, 2.05) is 0 Å². The van der Waals surface area contributed by atoms with Gasteiger partial charge in [0.05, 0.1) is 11.4 Å². The Morgan fingerprint density at radius 3 is 2.94 bits per heavy atom. The molecule has 1 heterocycles. The molecular formula is C9H13BrN2O3S. The fraction of sp³-hybridized carbons (Fsp3) is 0.444. The highest BCUT2D eigenvalue weighted by molar-refractivity contribution is 9.10. The van der Waals surface area contributed by atoms with Gasteiger partial charge in [-0.05, 0) is 34.5 Å². The molecule has 0 spiro atoms. The van der Waals surface area contributed by atoms with Gasteiger partial charge in [0.25, 0.3) is 0 Å². The first-order chi connectivity index (χ1) is 7.55. The average Bonchev–Trinajstić information content (AvgIpc) is 2.21. The maximum Gasteiger partial charge on any atom is 0.232 e. The monoisotopic (exact) mass is 308 g/mol. The molecule has 0 atom stereocenters. The molecule has 0 aliphatic heterocycles. The summed E-state index contributed by atoms with van der Waals surface area (Å²) in [5, 5.41) is 0. The van der Waals surface area contributed by atoms with Crippen LogP contribution in [0.2, 0.25) is 0 Å². The highest BCUT2D eigenvalue weighted by Gasteiger charge is 2.11. The number of pyridine rings is 1. The van der Waals surface area contributed by atoms with E-state index in [1.54, 1.807) is 18.3 Å². The molecule has 1 rings (SSSR count). The molecule has 0 unspecified atom stereocenters. The third-order valence-corrected chi connectivity index (χ3v) is 3.78. The lowest BCUT2D eigenvalue weighted by Gasteiger charge is -2.08. The molecule has 0 aliphatic rings. The summed E-state index contributed by atoms with van der Waals surface area (Å²) >= 11 is 3.17. The van der Waals surface area contributed by atoms with Crippen molar-refractivity contribution >= 4 is 31.6 Å². The van der Waals surface area contributed by atoms with Gasteiger partial charge in [-0.3, -0.25) is 4.72 Å². The van der Waals surface area contributed by atoms with Crippen molar-refractivity contribution < 1.29 is 13.2 Å². The van der Waals surface area contributed by atoms with E-state index < -0.39 is 10.0 Å². The summed E-state index contributed by atoms with van der Waals surface area (Å²) in [5.74, 6) is 0.0299. The van der Waals surface area contributed by atoms with Gasteiger partial charge in [0.2, 0.25) is 10.0 Å². The molecule has 1 N–H and O–H groups in total. The van der Waals surface area contributed by atoms with Gasteiger partial charge in [-0.15, -0.1) is 0 Å². The quantitative estimate of drug-likeness (QED) is 0.640. The molecule has 5 nitrogen and oxygen atoms in total. The van der Waals surface area contributed by atoms with Crippen LogP contribution in [-0.2, 0) is 14.8 Å². The lowest BCUT2D eigenvalue weighted by atomic mass is 10.4. The van der Waals surface area contributed by atoms with Gasteiger partial charge in [-0.2, -0.15) is 0 Å². The van der Waals surface area contributed by atoms with Gasteiger partial charge in [0, 0.05) is 19.9 Å². The van der Waals surface area contributed by atoms with Crippen LogP contribution in [0.25, 0.3) is 0 Å². The van der Waals surface area contributed by atoms with E-state index in [0.717, 1.165) is 0 Å². The molecule has 0 aromatic carbocycles. The van der Waals surface area contributed by atoms with Crippen LogP contribution in [0.4, 0.5) is 5.69 Å². The average molecular weight is 309 g/mol. The van der Waals surface area contributed by atoms with Crippen LogP contribution < -0.4 is 4.72 Å². The second-order valence-electron chi connectivity index (χ2n) is 3.11. The second-order valence-corrected chi connectivity index (χ2v) is 5.70. The number of rotatable bonds is 6. The third-order valence-electron chi connectivity index (χ3n) is 1.79. The van der Waals surface area contributed by atoms with Gasteiger partial charge in [0.15, 0.2) is 0 Å². The first-order valence-corrected chi connectivity index (χ1v) is 7.09. The lowest BCUT2D eigenvalue weighted by molar-refractivity contribution is 0.199. The minimum atomic E-state index is -3.33. The fourth-order valence-electron chi connectivity index (χ4n) is 1.07. The van der Waals surface area contributed by atoms with E-state index in [1.165, 1.54) is 7.11 Å². The summed E-state index contributed by atoms with van der Waals surface area (Å²) in [6.45, 7) is 0.426. The number of methoxy groups -OCH3 is 1. The van der Waals surface area contributed by atoms with E-state index >= 15 is 0 Å². The maximum absolute atomic E-state index is 11.6. The fourth-order valence-corrected chi connectivity index (χ4v) is 2.65. The summed E-state index contributed by atoms with van der Waals surface area (Å²) in [4.78, 5) is 3.92. The van der Waals surface area contributed by atoms with Crippen molar-refractivity contribution in [3.8, 4) is 0 Å². The zero-order chi connectivity index (χ0) is 12.0. The number of halogens is 1. The largest absolute Gasteiger partial charge is 0.385 e. The van der Waals surface area contributed by atoms with Crippen LogP contribution >= 0.6 is 15.9 Å². The molecule has 0 amide bonds. The summed E-state index contributed by atoms with van der Waals surface area (Å²) in [6, 6.07) is 3.31. The van der Waals surface area contributed by atoms with Crippen molar-refractivity contribution in [2.24, 2.45) is 0 Å². The number of sulfonamides is 1. The van der Waals surface area contributed by atoms with Crippen molar-refractivity contribution in [1.29, 1.82) is 0 Å². The molecule has 1 aromatic heterocycles. The van der Waals surface area contributed by atoms with E-state index in [9.17, 15) is 8.42 Å². The number of hydrogen-bond donors (Lipinski definition) is 1. The smallest absolute Gasteiger partial charge is 0.232 e. The molecule has 0 bridgehead atoms. The van der Waals surface area contributed by atoms with Crippen molar-refractivity contribution in [2.75, 3.05) is 24.2 Å². The zero-order valence-corrected chi connectivity index (χ0v) is 11.2. The first kappa shape index (κ1) is 13.4. The Morgan fingerprint density at radius 2 is 2.31 bits per heavy atom. The van der Waals surface area contributed by atoms with Crippen LogP contribution in [0.3, 0.4) is 0 Å². The van der Waals surface area contributed by atoms with Gasteiger partial charge in [-0.25, -0.2) is 13.4 Å². The van der Waals surface area contributed by atoms with E-state index in [2.05, 4.69) is 25.6 Å². The molecule has 90 valence electrons. The first-order valence-electron chi connectivity index (χ1n) is 4.65. The summed E-state index contributed by atoms with van der Waals surface area (Å²) in [7, 11) is -1.79. The number of anilines is 1. The minimum Gasteiger partial charge on any atom is -0.385 e. The topological polar surface area (TPSA) is 68.3 Å². The van der Waals surface area contributed by atoms with Crippen molar-refractivity contribution in [3.05, 3.63) is 22.9 Å². The molecule has 7 heteroatoms. The SMILES string of the molecule is COCCCS(=O)(=O)Nc1cccnc1Br. The number of nitrogens with one attached hydrogen (secondary N) is 1. The molecular weight excluding hydrogens is 296 g/mol. The van der Waals surface area contributed by atoms with E-state index in [0.29, 0.717) is 23.3 Å². The number of hydrogen-bond acceptors (Lipinski definition) is 4. The van der Waals surface area contributed by atoms with E-state index in [4.69, 9.17) is 4.74 Å². The Bertz CT molecular complexity index is 436. The second kappa shape index (κ2) is 6.17. The lowest BCUT2D eigenvalue weighted by Crippen LogP contribution is -2.18. The Balaban J connectivity index is 2.63. The Hall–Kier alpha value is -0.660. The standard InChI is InChI=1S/C9H13BrN2O3S/c1-15-6-3-7-16(13,14)12-8-4-2-5-11-9(8)10/h2,4-5,12H,3,6-7H2,1H3. The Morgan fingerprint density at radius 1 is 1.56 bits per heavy atom. The minimum absolute atomic E-state index is 0.0299. The van der Waals surface area contributed by atoms with Crippen molar-refractivity contribution in [2.45, 2.75) is 6.42 Å². The van der Waals surface area contributed by atoms with Gasteiger partial charge in [0.1, 0.15) is 4.60 Å². The van der Waals surface area contributed by atoms with Gasteiger partial charge < -0.3 is 4.74 Å². The zero-order valence-electron chi connectivity index (χ0n) is 8.81. The highest BCUT2D eigenvalue weighted by Crippen LogP contribution is 2.19. The molecule has 16 heavy (non-hydrogen) atoms. The van der Waals surface area contributed by atoms with Crippen molar-refractivity contribution in [3.63, 3.8) is 0 Å². The van der Waals surface area contributed by atoms with Crippen LogP contribution in [0, 0.1) is 0 Å². The predicted molar refractivity (Wildman–Crippen MR) is 65.8 cm³/mol. The van der Waals surface area contributed by atoms with Crippen LogP contribution in [0.5, 0.6) is 0 Å². The van der Waals surface area contributed by atoms with Gasteiger partial charge >= 0.3 is 0 Å². The third kappa shape index (κ3) is 4.46. The molecule has 0 radical (unpaired) electrons. The molecule has 0 saturated heterocycles. The summed E-state index contributed by atoms with van der Waals surface area (Å²) < 4.78 is 31.0. The van der Waals surface area contributed by atoms with Crippen LogP contribution in [-0.4, -0.2) is 32.9 Å². The highest BCUT2D eigenvalue weighted by atomic mass is 79.9. The van der Waals surface area contributed by atoms with Crippen molar-refractivity contribution in [1.82, 2.24) is 4.98 Å². The molecule has 0 aliphatic carbocycles. The van der Waals surface area contributed by atoms with Crippen LogP contribution in [0.15, 0.2) is 22.9 Å². The summed E-state index contributed by atoms with van der Waals surface area (Å²) in [6.07, 6.45) is 2.04. The van der Waals surface area contributed by atoms with E-state index in [-0.39, 0.29) is 5.75 Å². The van der Waals surface area contributed by atoms with Crippen LogP contribution in [0.1, 0.15) is 6.42 Å². The molecule has 0 saturated carbocycles. The number of nitrogens with zero attached hydrogens (tertiary/aromatic N) is 1. The Labute approximate surface area is 103 Å². The Kier molecular flexibility index (Phi) is 5.17. The number of aromatic nitrogens is 1. The van der Waals surface area contributed by atoms with Gasteiger partial charge in [-0.1, -0.05) is 0 Å². The molecule has 0 fully saturated rings. The maximum atomic E-state index is 11.6.